The molecular weight excluding hydrogens is 412 g/mol. The number of hydrogen-bond acceptors (Lipinski definition) is 5. The minimum atomic E-state index is -3.27. The molecule has 3 rings (SSSR count). The van der Waals surface area contributed by atoms with Crippen LogP contribution in [0.15, 0.2) is 64.5 Å². The van der Waals surface area contributed by atoms with Gasteiger partial charge in [-0.2, -0.15) is 0 Å². The van der Waals surface area contributed by atoms with E-state index in [9.17, 15) is 8.42 Å². The summed E-state index contributed by atoms with van der Waals surface area (Å²) in [5.41, 5.74) is 1.10. The van der Waals surface area contributed by atoms with Crippen molar-refractivity contribution in [1.29, 1.82) is 0 Å². The fourth-order valence-electron chi connectivity index (χ4n) is 3.69. The Balaban J connectivity index is 1.53. The Hall–Kier alpha value is -2.74. The van der Waals surface area contributed by atoms with Gasteiger partial charge in [0.1, 0.15) is 5.75 Å². The van der Waals surface area contributed by atoms with Gasteiger partial charge in [-0.3, -0.25) is 4.99 Å². The molecule has 1 saturated heterocycles. The van der Waals surface area contributed by atoms with Gasteiger partial charge in [-0.15, -0.1) is 0 Å². The summed E-state index contributed by atoms with van der Waals surface area (Å²) in [4.78, 5) is 7.27. The van der Waals surface area contributed by atoms with Crippen LogP contribution in [0.1, 0.15) is 19.8 Å². The van der Waals surface area contributed by atoms with Gasteiger partial charge in [-0.1, -0.05) is 30.3 Å². The Morgan fingerprint density at radius 3 is 2.65 bits per heavy atom. The number of nitrogens with zero attached hydrogens (tertiary/aromatic N) is 2. The zero-order valence-electron chi connectivity index (χ0n) is 18.3. The minimum absolute atomic E-state index is 0.0882. The van der Waals surface area contributed by atoms with Crippen LogP contribution in [-0.4, -0.2) is 59.5 Å². The van der Waals surface area contributed by atoms with Crippen molar-refractivity contribution in [1.82, 2.24) is 10.6 Å². The number of nitrogens with one attached hydrogen (secondary N) is 2. The monoisotopic (exact) mass is 444 g/mol. The number of anilines is 1. The quantitative estimate of drug-likeness (QED) is 0.352. The third kappa shape index (κ3) is 6.37. The van der Waals surface area contributed by atoms with Crippen LogP contribution in [0.2, 0.25) is 0 Å². The molecular formula is C23H32N4O3S. The van der Waals surface area contributed by atoms with Crippen molar-refractivity contribution in [3.63, 3.8) is 0 Å². The van der Waals surface area contributed by atoms with E-state index in [1.165, 1.54) is 0 Å². The second-order valence-electron chi connectivity index (χ2n) is 7.49. The third-order valence-corrected chi connectivity index (χ3v) is 7.06. The number of hydrogen-bond donors (Lipinski definition) is 2. The van der Waals surface area contributed by atoms with Crippen LogP contribution < -0.4 is 20.3 Å². The maximum absolute atomic E-state index is 12.4. The number of methoxy groups -OCH3 is 1. The highest BCUT2D eigenvalue weighted by molar-refractivity contribution is 7.91. The lowest BCUT2D eigenvalue weighted by Gasteiger charge is -2.22. The van der Waals surface area contributed by atoms with Crippen LogP contribution in [0.5, 0.6) is 5.75 Å². The first-order valence-electron chi connectivity index (χ1n) is 10.7. The van der Waals surface area contributed by atoms with Crippen molar-refractivity contribution in [2.75, 3.05) is 43.9 Å². The topological polar surface area (TPSA) is 83.0 Å². The second-order valence-corrected chi connectivity index (χ2v) is 9.60. The maximum atomic E-state index is 12.4. The van der Waals surface area contributed by atoms with Crippen molar-refractivity contribution in [2.45, 2.75) is 30.7 Å². The number of rotatable bonds is 9. The molecule has 0 bridgehead atoms. The number of sulfone groups is 1. The molecule has 7 nitrogen and oxygen atoms in total. The van der Waals surface area contributed by atoms with Crippen molar-refractivity contribution in [2.24, 2.45) is 4.99 Å². The summed E-state index contributed by atoms with van der Waals surface area (Å²) in [6.07, 6.45) is 1.47. The molecule has 0 aliphatic carbocycles. The molecule has 2 N–H and O–H groups in total. The molecule has 1 heterocycles. The summed E-state index contributed by atoms with van der Waals surface area (Å²) < 4.78 is 30.3. The van der Waals surface area contributed by atoms with E-state index >= 15 is 0 Å². The maximum Gasteiger partial charge on any atom is 0.191 e. The number of ether oxygens (including phenoxy) is 1. The Morgan fingerprint density at radius 1 is 1.16 bits per heavy atom. The molecule has 2 aromatic carbocycles. The first-order valence-corrected chi connectivity index (χ1v) is 12.4. The van der Waals surface area contributed by atoms with Crippen molar-refractivity contribution >= 4 is 21.5 Å². The molecule has 0 saturated carbocycles. The zero-order valence-corrected chi connectivity index (χ0v) is 19.1. The van der Waals surface area contributed by atoms with Gasteiger partial charge in [0.15, 0.2) is 15.8 Å². The summed E-state index contributed by atoms with van der Waals surface area (Å²) in [7, 11) is -1.57. The average molecular weight is 445 g/mol. The lowest BCUT2D eigenvalue weighted by atomic mass is 10.2. The molecule has 1 aliphatic rings. The van der Waals surface area contributed by atoms with Crippen LogP contribution in [0.25, 0.3) is 0 Å². The van der Waals surface area contributed by atoms with Gasteiger partial charge < -0.3 is 20.3 Å². The lowest BCUT2D eigenvalue weighted by molar-refractivity contribution is 0.415. The molecule has 2 aromatic rings. The van der Waals surface area contributed by atoms with Gasteiger partial charge in [0, 0.05) is 32.2 Å². The van der Waals surface area contributed by atoms with Gasteiger partial charge in [0.05, 0.1) is 23.4 Å². The second kappa shape index (κ2) is 11.0. The smallest absolute Gasteiger partial charge is 0.191 e. The largest absolute Gasteiger partial charge is 0.495 e. The minimum Gasteiger partial charge on any atom is -0.495 e. The molecule has 1 atom stereocenters. The fourth-order valence-corrected chi connectivity index (χ4v) is 5.01. The predicted molar refractivity (Wildman–Crippen MR) is 126 cm³/mol. The average Bonchev–Trinajstić information content (AvgIpc) is 3.25. The molecule has 1 aliphatic heterocycles. The Kier molecular flexibility index (Phi) is 8.17. The summed E-state index contributed by atoms with van der Waals surface area (Å²) in [6.45, 7) is 5.01. The van der Waals surface area contributed by atoms with Crippen LogP contribution in [-0.2, 0) is 9.84 Å². The van der Waals surface area contributed by atoms with E-state index in [-0.39, 0.29) is 11.8 Å². The first-order chi connectivity index (χ1) is 15.0. The normalized spacial score (nSPS) is 16.9. The molecule has 168 valence electrons. The van der Waals surface area contributed by atoms with Crippen LogP contribution >= 0.6 is 0 Å². The summed E-state index contributed by atoms with van der Waals surface area (Å²) in [5, 5.41) is 6.75. The van der Waals surface area contributed by atoms with E-state index in [0.717, 1.165) is 43.5 Å². The van der Waals surface area contributed by atoms with Gasteiger partial charge in [-0.05, 0) is 44.0 Å². The van der Waals surface area contributed by atoms with Gasteiger partial charge in [-0.25, -0.2) is 8.42 Å². The highest BCUT2D eigenvalue weighted by Crippen LogP contribution is 2.30. The van der Waals surface area contributed by atoms with E-state index in [1.54, 1.807) is 31.4 Å². The van der Waals surface area contributed by atoms with Gasteiger partial charge >= 0.3 is 0 Å². The summed E-state index contributed by atoms with van der Waals surface area (Å²) in [6, 6.07) is 16.9. The van der Waals surface area contributed by atoms with Crippen molar-refractivity contribution in [3.05, 3.63) is 54.6 Å². The molecule has 0 radical (unpaired) electrons. The van der Waals surface area contributed by atoms with Crippen LogP contribution in [0.3, 0.4) is 0 Å². The SMILES string of the molecule is CCNC(=NCCCS(=O)(=O)c1ccccc1)NC1CCN(c2ccccc2OC)C1. The highest BCUT2D eigenvalue weighted by atomic mass is 32.2. The van der Waals surface area contributed by atoms with E-state index in [4.69, 9.17) is 4.74 Å². The molecule has 0 aromatic heterocycles. The number of guanidine groups is 1. The van der Waals surface area contributed by atoms with Gasteiger partial charge in [0.25, 0.3) is 0 Å². The molecule has 8 heteroatoms. The Bertz CT molecular complexity index is 964. The third-order valence-electron chi connectivity index (χ3n) is 5.24. The highest BCUT2D eigenvalue weighted by Gasteiger charge is 2.25. The molecule has 0 spiro atoms. The number of aliphatic imine (C=N–C) groups is 1. The van der Waals surface area contributed by atoms with E-state index < -0.39 is 9.84 Å². The predicted octanol–water partition coefficient (Wildman–Crippen LogP) is 2.69. The first kappa shape index (κ1) is 22.9. The number of para-hydroxylation sites is 2. The fraction of sp³-hybridized carbons (Fsp3) is 0.435. The molecule has 0 amide bonds. The van der Waals surface area contributed by atoms with Crippen molar-refractivity contribution < 1.29 is 13.2 Å². The summed E-state index contributed by atoms with van der Waals surface area (Å²) in [5.74, 6) is 1.69. The van der Waals surface area contributed by atoms with E-state index in [1.807, 2.05) is 31.2 Å². The van der Waals surface area contributed by atoms with Crippen molar-refractivity contribution in [3.8, 4) is 5.75 Å². The van der Waals surface area contributed by atoms with Gasteiger partial charge in [0.2, 0.25) is 0 Å². The van der Waals surface area contributed by atoms with Crippen LogP contribution in [0, 0.1) is 0 Å². The molecule has 1 unspecified atom stereocenters. The molecule has 31 heavy (non-hydrogen) atoms. The van der Waals surface area contributed by atoms with Crippen LogP contribution in [0.4, 0.5) is 5.69 Å². The Labute approximate surface area is 185 Å². The molecule has 1 fully saturated rings. The van der Waals surface area contributed by atoms with E-state index in [2.05, 4.69) is 26.6 Å². The Morgan fingerprint density at radius 2 is 1.90 bits per heavy atom. The number of benzene rings is 2. The zero-order chi connectivity index (χ0) is 22.1. The standard InChI is InChI=1S/C23H32N4O3S/c1-3-24-23(25-15-9-17-31(28,29)20-10-5-4-6-11-20)26-19-14-16-27(18-19)21-12-7-8-13-22(21)30-2/h4-8,10-13,19H,3,9,14-18H2,1-2H3,(H2,24,25,26). The van der Waals surface area contributed by atoms with E-state index in [0.29, 0.717) is 17.9 Å². The lowest BCUT2D eigenvalue weighted by Crippen LogP contribution is -2.44. The summed E-state index contributed by atoms with van der Waals surface area (Å²) >= 11 is 0.